The Morgan fingerprint density at radius 3 is 2.00 bits per heavy atom. The zero-order valence-electron chi connectivity index (χ0n) is 17.3. The standard InChI is InChI=1S/C22H26F3N3O2/c1-4-28(5-2)21(30)17-8-12-19(13-9-17)26-20(29)15-27(3)14-16-6-10-18(11-7-16)22(23,24)25/h6-13H,4-5,14-15H2,1-3H3,(H,26,29). The number of rotatable bonds is 8. The first-order valence-corrected chi connectivity index (χ1v) is 9.67. The number of likely N-dealkylation sites (N-methyl/N-ethyl adjacent to an activating group) is 1. The predicted molar refractivity (Wildman–Crippen MR) is 110 cm³/mol. The highest BCUT2D eigenvalue weighted by atomic mass is 19.4. The van der Waals surface area contributed by atoms with Crippen LogP contribution in [-0.4, -0.2) is 48.3 Å². The number of amides is 2. The van der Waals surface area contributed by atoms with Crippen molar-refractivity contribution in [2.75, 3.05) is 32.0 Å². The molecule has 0 saturated heterocycles. The van der Waals surface area contributed by atoms with Gasteiger partial charge in [0.05, 0.1) is 12.1 Å². The molecule has 0 bridgehead atoms. The summed E-state index contributed by atoms with van der Waals surface area (Å²) in [5, 5.41) is 2.76. The van der Waals surface area contributed by atoms with Crippen molar-refractivity contribution in [3.05, 3.63) is 65.2 Å². The molecule has 2 aromatic carbocycles. The van der Waals surface area contributed by atoms with E-state index in [0.717, 1.165) is 12.1 Å². The maximum Gasteiger partial charge on any atom is 0.416 e. The summed E-state index contributed by atoms with van der Waals surface area (Å²) in [7, 11) is 1.71. The van der Waals surface area contributed by atoms with Gasteiger partial charge in [0, 0.05) is 30.9 Å². The zero-order chi connectivity index (χ0) is 22.3. The fraction of sp³-hybridized carbons (Fsp3) is 0.364. The molecule has 0 unspecified atom stereocenters. The van der Waals surface area contributed by atoms with Gasteiger partial charge in [0.25, 0.3) is 5.91 Å². The minimum atomic E-state index is -4.37. The van der Waals surface area contributed by atoms with Crippen LogP contribution in [0.2, 0.25) is 0 Å². The average molecular weight is 421 g/mol. The maximum absolute atomic E-state index is 12.6. The van der Waals surface area contributed by atoms with E-state index in [2.05, 4.69) is 5.32 Å². The number of nitrogens with one attached hydrogen (secondary N) is 1. The Labute approximate surface area is 174 Å². The van der Waals surface area contributed by atoms with Gasteiger partial charge in [-0.05, 0) is 62.9 Å². The minimum Gasteiger partial charge on any atom is -0.339 e. The fourth-order valence-corrected chi connectivity index (χ4v) is 3.00. The third kappa shape index (κ3) is 6.59. The van der Waals surface area contributed by atoms with E-state index in [4.69, 9.17) is 0 Å². The molecule has 0 atom stereocenters. The highest BCUT2D eigenvalue weighted by Crippen LogP contribution is 2.29. The first kappa shape index (κ1) is 23.4. The van der Waals surface area contributed by atoms with Crippen LogP contribution in [0.25, 0.3) is 0 Å². The summed E-state index contributed by atoms with van der Waals surface area (Å²) in [6.07, 6.45) is -4.37. The van der Waals surface area contributed by atoms with Crippen molar-refractivity contribution < 1.29 is 22.8 Å². The molecular formula is C22H26F3N3O2. The maximum atomic E-state index is 12.6. The Balaban J connectivity index is 1.88. The van der Waals surface area contributed by atoms with Gasteiger partial charge < -0.3 is 10.2 Å². The molecule has 0 heterocycles. The second-order valence-electron chi connectivity index (χ2n) is 6.97. The van der Waals surface area contributed by atoms with E-state index in [0.29, 0.717) is 36.4 Å². The molecule has 0 fully saturated rings. The molecule has 0 aliphatic heterocycles. The van der Waals surface area contributed by atoms with Crippen molar-refractivity contribution in [3.63, 3.8) is 0 Å². The average Bonchev–Trinajstić information content (AvgIpc) is 2.69. The van der Waals surface area contributed by atoms with Crippen molar-refractivity contribution in [2.45, 2.75) is 26.6 Å². The van der Waals surface area contributed by atoms with E-state index in [1.807, 2.05) is 13.8 Å². The molecule has 1 N–H and O–H groups in total. The van der Waals surface area contributed by atoms with E-state index < -0.39 is 11.7 Å². The lowest BCUT2D eigenvalue weighted by molar-refractivity contribution is -0.137. The SMILES string of the molecule is CCN(CC)C(=O)c1ccc(NC(=O)CN(C)Cc2ccc(C(F)(F)F)cc2)cc1. The lowest BCUT2D eigenvalue weighted by atomic mass is 10.1. The number of carbonyl (C=O) groups excluding carboxylic acids is 2. The first-order chi connectivity index (χ1) is 14.1. The molecular weight excluding hydrogens is 395 g/mol. The van der Waals surface area contributed by atoms with Gasteiger partial charge in [-0.1, -0.05) is 12.1 Å². The number of benzene rings is 2. The molecule has 0 radical (unpaired) electrons. The van der Waals surface area contributed by atoms with Crippen molar-refractivity contribution in [2.24, 2.45) is 0 Å². The summed E-state index contributed by atoms with van der Waals surface area (Å²) in [6.45, 7) is 5.48. The number of halogens is 3. The van der Waals surface area contributed by atoms with Gasteiger partial charge in [-0.3, -0.25) is 14.5 Å². The van der Waals surface area contributed by atoms with Crippen LogP contribution in [0.3, 0.4) is 0 Å². The third-order valence-electron chi connectivity index (χ3n) is 4.61. The van der Waals surface area contributed by atoms with Crippen LogP contribution in [0, 0.1) is 0 Å². The van der Waals surface area contributed by atoms with E-state index in [9.17, 15) is 22.8 Å². The van der Waals surface area contributed by atoms with Crippen LogP contribution in [0.15, 0.2) is 48.5 Å². The van der Waals surface area contributed by atoms with E-state index in [1.165, 1.54) is 12.1 Å². The van der Waals surface area contributed by atoms with Crippen LogP contribution >= 0.6 is 0 Å². The second kappa shape index (κ2) is 10.2. The highest BCUT2D eigenvalue weighted by Gasteiger charge is 2.29. The molecule has 162 valence electrons. The molecule has 30 heavy (non-hydrogen) atoms. The summed E-state index contributed by atoms with van der Waals surface area (Å²) in [5.74, 6) is -0.318. The fourth-order valence-electron chi connectivity index (χ4n) is 3.00. The molecule has 2 amide bonds. The second-order valence-corrected chi connectivity index (χ2v) is 6.97. The van der Waals surface area contributed by atoms with Crippen LogP contribution < -0.4 is 5.32 Å². The number of carbonyl (C=O) groups is 2. The predicted octanol–water partition coefficient (Wildman–Crippen LogP) is 4.26. The van der Waals surface area contributed by atoms with Gasteiger partial charge in [0.2, 0.25) is 5.91 Å². The lowest BCUT2D eigenvalue weighted by Gasteiger charge is -2.19. The zero-order valence-corrected chi connectivity index (χ0v) is 17.3. The van der Waals surface area contributed by atoms with Crippen LogP contribution in [0.4, 0.5) is 18.9 Å². The van der Waals surface area contributed by atoms with Gasteiger partial charge in [-0.15, -0.1) is 0 Å². The van der Waals surface area contributed by atoms with Crippen molar-refractivity contribution in [3.8, 4) is 0 Å². The summed E-state index contributed by atoms with van der Waals surface area (Å²) >= 11 is 0. The lowest BCUT2D eigenvalue weighted by Crippen LogP contribution is -2.30. The Morgan fingerprint density at radius 2 is 1.50 bits per heavy atom. The molecule has 2 aromatic rings. The molecule has 8 heteroatoms. The van der Waals surface area contributed by atoms with Gasteiger partial charge in [-0.2, -0.15) is 13.2 Å². The molecule has 0 aromatic heterocycles. The number of alkyl halides is 3. The van der Waals surface area contributed by atoms with E-state index >= 15 is 0 Å². The summed E-state index contributed by atoms with van der Waals surface area (Å²) < 4.78 is 37.9. The summed E-state index contributed by atoms with van der Waals surface area (Å²) in [6, 6.07) is 11.6. The van der Waals surface area contributed by atoms with Crippen molar-refractivity contribution in [1.82, 2.24) is 9.80 Å². The minimum absolute atomic E-state index is 0.0610. The van der Waals surface area contributed by atoms with Gasteiger partial charge >= 0.3 is 6.18 Å². The van der Waals surface area contributed by atoms with E-state index in [-0.39, 0.29) is 18.4 Å². The quantitative estimate of drug-likeness (QED) is 0.693. The van der Waals surface area contributed by atoms with Crippen molar-refractivity contribution >= 4 is 17.5 Å². The monoisotopic (exact) mass is 421 g/mol. The third-order valence-corrected chi connectivity index (χ3v) is 4.61. The topological polar surface area (TPSA) is 52.7 Å². The van der Waals surface area contributed by atoms with Gasteiger partial charge in [0.1, 0.15) is 0 Å². The molecule has 0 spiro atoms. The Bertz CT molecular complexity index is 845. The van der Waals surface area contributed by atoms with Crippen LogP contribution in [0.1, 0.15) is 35.3 Å². The Kier molecular flexibility index (Phi) is 8.00. The Hall–Kier alpha value is -2.87. The number of hydrogen-bond acceptors (Lipinski definition) is 3. The van der Waals surface area contributed by atoms with Gasteiger partial charge in [-0.25, -0.2) is 0 Å². The first-order valence-electron chi connectivity index (χ1n) is 9.67. The van der Waals surface area contributed by atoms with Crippen LogP contribution in [0.5, 0.6) is 0 Å². The smallest absolute Gasteiger partial charge is 0.339 e. The van der Waals surface area contributed by atoms with Crippen LogP contribution in [-0.2, 0) is 17.5 Å². The van der Waals surface area contributed by atoms with Gasteiger partial charge in [0.15, 0.2) is 0 Å². The number of nitrogens with zero attached hydrogens (tertiary/aromatic N) is 2. The molecule has 5 nitrogen and oxygen atoms in total. The molecule has 0 saturated carbocycles. The number of hydrogen-bond donors (Lipinski definition) is 1. The number of anilines is 1. The van der Waals surface area contributed by atoms with Crippen molar-refractivity contribution in [1.29, 1.82) is 0 Å². The highest BCUT2D eigenvalue weighted by molar-refractivity contribution is 5.96. The van der Waals surface area contributed by atoms with E-state index in [1.54, 1.807) is 41.1 Å². The molecule has 0 aliphatic carbocycles. The summed E-state index contributed by atoms with van der Waals surface area (Å²) in [5.41, 5.74) is 1.10. The normalized spacial score (nSPS) is 11.4. The molecule has 2 rings (SSSR count). The molecule has 0 aliphatic rings. The Morgan fingerprint density at radius 1 is 0.933 bits per heavy atom. The largest absolute Gasteiger partial charge is 0.416 e. The summed E-state index contributed by atoms with van der Waals surface area (Å²) in [4.78, 5) is 28.0.